The van der Waals surface area contributed by atoms with Crippen molar-refractivity contribution in [1.29, 1.82) is 0 Å². The van der Waals surface area contributed by atoms with Crippen LogP contribution in [0, 0.1) is 0 Å². The van der Waals surface area contributed by atoms with Gasteiger partial charge in [-0.15, -0.1) is 0 Å². The second-order valence-corrected chi connectivity index (χ2v) is 12.2. The lowest BCUT2D eigenvalue weighted by atomic mass is 10.0. The van der Waals surface area contributed by atoms with Crippen LogP contribution in [0.3, 0.4) is 0 Å². The second kappa shape index (κ2) is 9.05. The van der Waals surface area contributed by atoms with Crippen molar-refractivity contribution >= 4 is 26.0 Å². The molecule has 0 amide bonds. The molecule has 1 aromatic heterocycles. The van der Waals surface area contributed by atoms with Gasteiger partial charge in [0.1, 0.15) is 0 Å². The minimum absolute atomic E-state index is 0.0722. The summed E-state index contributed by atoms with van der Waals surface area (Å²) in [4.78, 5) is 10.6. The van der Waals surface area contributed by atoms with Gasteiger partial charge in [0.05, 0.1) is 9.79 Å². The molecule has 3 heterocycles. The Morgan fingerprint density at radius 2 is 1.28 bits per heavy atom. The zero-order valence-electron chi connectivity index (χ0n) is 18.3. The van der Waals surface area contributed by atoms with Crippen molar-refractivity contribution in [3.63, 3.8) is 0 Å². The number of piperazine rings is 1. The van der Waals surface area contributed by atoms with Crippen molar-refractivity contribution in [2.75, 3.05) is 31.1 Å². The van der Waals surface area contributed by atoms with Gasteiger partial charge in [0.2, 0.25) is 26.0 Å². The summed E-state index contributed by atoms with van der Waals surface area (Å²) in [6.45, 7) is 5.44. The van der Waals surface area contributed by atoms with Gasteiger partial charge in [0.15, 0.2) is 0 Å². The predicted octanol–water partition coefficient (Wildman–Crippen LogP) is 1.94. The maximum absolute atomic E-state index is 13.2. The van der Waals surface area contributed by atoms with E-state index in [0.29, 0.717) is 32.1 Å². The molecule has 2 fully saturated rings. The van der Waals surface area contributed by atoms with Crippen LogP contribution in [0.25, 0.3) is 0 Å². The smallest absolute Gasteiger partial charge is 0.243 e. The van der Waals surface area contributed by atoms with Crippen LogP contribution >= 0.6 is 0 Å². The molecule has 11 heteroatoms. The standard InChI is InChI=1S/C21H29N5O4S2/c1-17-5-3-6-18(2)26(17)32(29,30)20-9-7-19(8-10-20)31(27,28)25-15-13-24(14-16-25)21-22-11-4-12-23-21/h4,7-12,17-18H,3,5-6,13-16H2,1-2H3/t17-,18-/m1/s1. The van der Waals surface area contributed by atoms with Crippen molar-refractivity contribution < 1.29 is 16.8 Å². The molecule has 0 saturated carbocycles. The third kappa shape index (κ3) is 4.39. The summed E-state index contributed by atoms with van der Waals surface area (Å²) in [5.41, 5.74) is 0. The lowest BCUT2D eigenvalue weighted by Crippen LogP contribution is -2.49. The van der Waals surface area contributed by atoms with Crippen LogP contribution in [-0.2, 0) is 20.0 Å². The fraction of sp³-hybridized carbons (Fsp3) is 0.524. The van der Waals surface area contributed by atoms with E-state index in [1.165, 1.54) is 28.6 Å². The molecule has 2 atom stereocenters. The number of piperidine rings is 1. The number of nitrogens with zero attached hydrogens (tertiary/aromatic N) is 5. The highest BCUT2D eigenvalue weighted by Gasteiger charge is 2.36. The highest BCUT2D eigenvalue weighted by atomic mass is 32.2. The van der Waals surface area contributed by atoms with E-state index in [4.69, 9.17) is 0 Å². The summed E-state index contributed by atoms with van der Waals surface area (Å²) >= 11 is 0. The molecule has 9 nitrogen and oxygen atoms in total. The quantitative estimate of drug-likeness (QED) is 0.645. The Morgan fingerprint density at radius 1 is 0.781 bits per heavy atom. The molecule has 2 aliphatic rings. The van der Waals surface area contributed by atoms with Crippen molar-refractivity contribution in [3.8, 4) is 0 Å². The topological polar surface area (TPSA) is 104 Å². The number of hydrogen-bond acceptors (Lipinski definition) is 7. The number of anilines is 1. The van der Waals surface area contributed by atoms with Crippen molar-refractivity contribution in [1.82, 2.24) is 18.6 Å². The van der Waals surface area contributed by atoms with Crippen molar-refractivity contribution in [2.24, 2.45) is 0 Å². The van der Waals surface area contributed by atoms with Gasteiger partial charge >= 0.3 is 0 Å². The average Bonchev–Trinajstić information content (AvgIpc) is 2.79. The molecule has 32 heavy (non-hydrogen) atoms. The molecule has 0 spiro atoms. The average molecular weight is 480 g/mol. The minimum Gasteiger partial charge on any atom is -0.338 e. The van der Waals surface area contributed by atoms with Gasteiger partial charge in [-0.05, 0) is 57.0 Å². The fourth-order valence-corrected chi connectivity index (χ4v) is 7.81. The van der Waals surface area contributed by atoms with E-state index in [1.807, 2.05) is 18.7 Å². The molecular weight excluding hydrogens is 450 g/mol. The Morgan fingerprint density at radius 3 is 1.81 bits per heavy atom. The number of rotatable bonds is 5. The Balaban J connectivity index is 1.49. The summed E-state index contributed by atoms with van der Waals surface area (Å²) in [5.74, 6) is 0.584. The Kier molecular flexibility index (Phi) is 6.53. The third-order valence-corrected chi connectivity index (χ3v) is 10.3. The first-order valence-electron chi connectivity index (χ1n) is 10.9. The van der Waals surface area contributed by atoms with E-state index in [9.17, 15) is 16.8 Å². The normalized spacial score (nSPS) is 23.9. The third-order valence-electron chi connectivity index (χ3n) is 6.22. The van der Waals surface area contributed by atoms with Crippen LogP contribution in [0.15, 0.2) is 52.5 Å². The Hall–Kier alpha value is -2.08. The molecule has 0 aliphatic carbocycles. The first-order valence-corrected chi connectivity index (χ1v) is 13.7. The molecule has 2 saturated heterocycles. The van der Waals surface area contributed by atoms with Crippen LogP contribution in [-0.4, -0.2) is 73.7 Å². The van der Waals surface area contributed by atoms with Crippen LogP contribution in [0.4, 0.5) is 5.95 Å². The molecule has 1 aromatic carbocycles. The van der Waals surface area contributed by atoms with E-state index in [0.717, 1.165) is 19.3 Å². The monoisotopic (exact) mass is 479 g/mol. The van der Waals surface area contributed by atoms with Crippen LogP contribution in [0.2, 0.25) is 0 Å². The van der Waals surface area contributed by atoms with Gasteiger partial charge in [0.25, 0.3) is 0 Å². The molecule has 4 rings (SSSR count). The molecule has 0 unspecified atom stereocenters. The molecule has 0 radical (unpaired) electrons. The van der Waals surface area contributed by atoms with Gasteiger partial charge < -0.3 is 4.90 Å². The largest absolute Gasteiger partial charge is 0.338 e. The molecule has 174 valence electrons. The molecule has 0 bridgehead atoms. The van der Waals surface area contributed by atoms with Gasteiger partial charge in [-0.3, -0.25) is 0 Å². The van der Waals surface area contributed by atoms with Crippen molar-refractivity contribution in [2.45, 2.75) is 55.0 Å². The van der Waals surface area contributed by atoms with E-state index in [-0.39, 0.29) is 21.9 Å². The number of hydrogen-bond donors (Lipinski definition) is 0. The highest BCUT2D eigenvalue weighted by Crippen LogP contribution is 2.30. The lowest BCUT2D eigenvalue weighted by Gasteiger charge is -2.37. The van der Waals surface area contributed by atoms with Crippen molar-refractivity contribution in [3.05, 3.63) is 42.7 Å². The van der Waals surface area contributed by atoms with Gasteiger partial charge in [-0.2, -0.15) is 8.61 Å². The van der Waals surface area contributed by atoms with Gasteiger partial charge in [-0.1, -0.05) is 6.42 Å². The molecule has 0 N–H and O–H groups in total. The molecule has 2 aromatic rings. The Bertz CT molecular complexity index is 1120. The highest BCUT2D eigenvalue weighted by molar-refractivity contribution is 7.89. The van der Waals surface area contributed by atoms with Crippen LogP contribution < -0.4 is 4.90 Å². The van der Waals surface area contributed by atoms with Crippen LogP contribution in [0.5, 0.6) is 0 Å². The number of sulfonamides is 2. The number of benzene rings is 1. The summed E-state index contributed by atoms with van der Waals surface area (Å²) in [7, 11) is -7.40. The number of aromatic nitrogens is 2. The Labute approximate surface area is 190 Å². The van der Waals surface area contributed by atoms with E-state index >= 15 is 0 Å². The summed E-state index contributed by atoms with van der Waals surface area (Å²) in [6.07, 6.45) is 5.99. The molecular formula is C21H29N5O4S2. The first kappa shape index (κ1) is 23.1. The summed E-state index contributed by atoms with van der Waals surface area (Å²) in [5, 5.41) is 0. The van der Waals surface area contributed by atoms with Gasteiger partial charge in [-0.25, -0.2) is 26.8 Å². The van der Waals surface area contributed by atoms with E-state index in [1.54, 1.807) is 22.8 Å². The minimum atomic E-state index is -3.72. The van der Waals surface area contributed by atoms with E-state index < -0.39 is 20.0 Å². The molecule has 2 aliphatic heterocycles. The maximum atomic E-state index is 13.2. The zero-order chi connectivity index (χ0) is 22.9. The predicted molar refractivity (Wildman–Crippen MR) is 121 cm³/mol. The van der Waals surface area contributed by atoms with E-state index in [2.05, 4.69) is 9.97 Å². The lowest BCUT2D eigenvalue weighted by molar-refractivity contribution is 0.204. The van der Waals surface area contributed by atoms with Gasteiger partial charge in [0, 0.05) is 50.7 Å². The summed E-state index contributed by atoms with van der Waals surface area (Å²) in [6, 6.07) is 7.20. The fourth-order valence-electron chi connectivity index (χ4n) is 4.51. The second-order valence-electron chi connectivity index (χ2n) is 8.38. The zero-order valence-corrected chi connectivity index (χ0v) is 20.0. The maximum Gasteiger partial charge on any atom is 0.243 e. The van der Waals surface area contributed by atoms with Crippen LogP contribution in [0.1, 0.15) is 33.1 Å². The summed E-state index contributed by atoms with van der Waals surface area (Å²) < 4.78 is 55.6. The SMILES string of the molecule is C[C@@H]1CCC[C@@H](C)N1S(=O)(=O)c1ccc(S(=O)(=O)N2CCN(c3ncccn3)CC2)cc1. The first-order chi connectivity index (χ1) is 15.2.